The minimum Gasteiger partial charge on any atom is -0.359 e. The maximum absolute atomic E-state index is 10.5. The molecule has 1 rings (SSSR count). The maximum Gasteiger partial charge on any atom is 0.211 e. The van der Waals surface area contributed by atoms with Crippen LogP contribution in [-0.4, -0.2) is 38.4 Å². The lowest BCUT2D eigenvalue weighted by atomic mass is 10.1. The molecule has 6 heteroatoms. The lowest BCUT2D eigenvalue weighted by molar-refractivity contribution is -0.105. The van der Waals surface area contributed by atoms with Gasteiger partial charge in [0.2, 0.25) is 6.41 Å². The van der Waals surface area contributed by atoms with Crippen LogP contribution in [0.15, 0.2) is 18.2 Å². The van der Waals surface area contributed by atoms with Gasteiger partial charge in [-0.3, -0.25) is 10.2 Å². The van der Waals surface area contributed by atoms with Crippen LogP contribution in [0.2, 0.25) is 0 Å². The van der Waals surface area contributed by atoms with Crippen LogP contribution in [0.3, 0.4) is 0 Å². The molecule has 0 aliphatic rings. The van der Waals surface area contributed by atoms with Crippen LogP contribution in [0, 0.1) is 5.41 Å². The topological polar surface area (TPSA) is 80.2 Å². The third-order valence-electron chi connectivity index (χ3n) is 2.24. The summed E-state index contributed by atoms with van der Waals surface area (Å²) in [6.45, 7) is 0.760. The molecule has 18 heavy (non-hydrogen) atoms. The second-order valence-corrected chi connectivity index (χ2v) is 4.17. The number of nitrogens with one attached hydrogen (secondary N) is 4. The standard InChI is InChI=1S/C12H19N5O/c1-14-12(13)16-11-5-9(7-17(2)3)4-10(6-11)15-8-18/h4-6,8H,7H2,1-3H3,(H,15,18)(H3,13,14,16). The van der Waals surface area contributed by atoms with E-state index in [9.17, 15) is 4.79 Å². The molecule has 6 nitrogen and oxygen atoms in total. The zero-order valence-corrected chi connectivity index (χ0v) is 10.9. The zero-order chi connectivity index (χ0) is 13.5. The number of hydrogen-bond donors (Lipinski definition) is 4. The molecule has 0 heterocycles. The van der Waals surface area contributed by atoms with Gasteiger partial charge in [-0.25, -0.2) is 0 Å². The summed E-state index contributed by atoms with van der Waals surface area (Å²) in [6.07, 6.45) is 0.641. The number of hydrogen-bond acceptors (Lipinski definition) is 3. The van der Waals surface area contributed by atoms with Gasteiger partial charge in [-0.2, -0.15) is 0 Å². The van der Waals surface area contributed by atoms with Crippen molar-refractivity contribution in [2.24, 2.45) is 0 Å². The first-order chi connectivity index (χ1) is 8.55. The molecule has 0 fully saturated rings. The average molecular weight is 249 g/mol. The minimum atomic E-state index is 0.203. The van der Waals surface area contributed by atoms with Gasteiger partial charge in [0.1, 0.15) is 0 Å². The van der Waals surface area contributed by atoms with Crippen LogP contribution in [0.1, 0.15) is 5.56 Å². The van der Waals surface area contributed by atoms with E-state index in [2.05, 4.69) is 16.0 Å². The summed E-state index contributed by atoms with van der Waals surface area (Å²) >= 11 is 0. The zero-order valence-electron chi connectivity index (χ0n) is 10.9. The van der Waals surface area contributed by atoms with Gasteiger partial charge in [0.05, 0.1) is 0 Å². The van der Waals surface area contributed by atoms with E-state index in [0.717, 1.165) is 17.8 Å². The summed E-state index contributed by atoms with van der Waals surface area (Å²) in [7, 11) is 5.62. The molecule has 0 atom stereocenters. The molecule has 1 aromatic rings. The number of amides is 1. The van der Waals surface area contributed by atoms with E-state index in [1.54, 1.807) is 13.1 Å². The van der Waals surface area contributed by atoms with Crippen molar-refractivity contribution in [1.29, 1.82) is 5.41 Å². The Morgan fingerprint density at radius 1 is 1.33 bits per heavy atom. The van der Waals surface area contributed by atoms with E-state index in [4.69, 9.17) is 5.41 Å². The Morgan fingerprint density at radius 3 is 2.56 bits per heavy atom. The van der Waals surface area contributed by atoms with Gasteiger partial charge in [0.25, 0.3) is 0 Å². The third kappa shape index (κ3) is 4.42. The molecule has 4 N–H and O–H groups in total. The summed E-state index contributed by atoms with van der Waals surface area (Å²) < 4.78 is 0. The predicted molar refractivity (Wildman–Crippen MR) is 73.9 cm³/mol. The second kappa shape index (κ2) is 6.61. The number of carbonyl (C=O) groups is 1. The van der Waals surface area contributed by atoms with E-state index in [1.165, 1.54) is 0 Å². The first kappa shape index (κ1) is 14.0. The van der Waals surface area contributed by atoms with Crippen LogP contribution in [0.25, 0.3) is 0 Å². The fraction of sp³-hybridized carbons (Fsp3) is 0.333. The number of carbonyl (C=O) groups excluding carboxylic acids is 1. The number of guanidine groups is 1. The fourth-order valence-electron chi connectivity index (χ4n) is 1.58. The van der Waals surface area contributed by atoms with Gasteiger partial charge >= 0.3 is 0 Å². The molecule has 1 aromatic carbocycles. The van der Waals surface area contributed by atoms with Gasteiger partial charge in [-0.15, -0.1) is 0 Å². The van der Waals surface area contributed by atoms with Crippen molar-refractivity contribution < 1.29 is 4.79 Å². The van der Waals surface area contributed by atoms with E-state index < -0.39 is 0 Å². The summed E-state index contributed by atoms with van der Waals surface area (Å²) in [4.78, 5) is 12.5. The summed E-state index contributed by atoms with van der Waals surface area (Å²) in [6, 6.07) is 5.63. The maximum atomic E-state index is 10.5. The Hall–Kier alpha value is -2.08. The monoisotopic (exact) mass is 249 g/mol. The summed E-state index contributed by atoms with van der Waals surface area (Å²) in [5.74, 6) is 0.203. The quantitative estimate of drug-likeness (QED) is 0.355. The van der Waals surface area contributed by atoms with Gasteiger partial charge < -0.3 is 20.9 Å². The highest BCUT2D eigenvalue weighted by Gasteiger charge is 2.03. The van der Waals surface area contributed by atoms with Crippen molar-refractivity contribution in [3.63, 3.8) is 0 Å². The highest BCUT2D eigenvalue weighted by Crippen LogP contribution is 2.19. The molecule has 0 radical (unpaired) electrons. The van der Waals surface area contributed by atoms with Crippen molar-refractivity contribution in [3.8, 4) is 0 Å². The van der Waals surface area contributed by atoms with E-state index in [1.807, 2.05) is 31.1 Å². The lowest BCUT2D eigenvalue weighted by Gasteiger charge is -2.14. The van der Waals surface area contributed by atoms with Crippen LogP contribution >= 0.6 is 0 Å². The van der Waals surface area contributed by atoms with Crippen LogP contribution in [0.5, 0.6) is 0 Å². The van der Waals surface area contributed by atoms with Crippen LogP contribution in [-0.2, 0) is 11.3 Å². The van der Waals surface area contributed by atoms with Crippen molar-refractivity contribution in [3.05, 3.63) is 23.8 Å². The van der Waals surface area contributed by atoms with E-state index in [-0.39, 0.29) is 5.96 Å². The Bertz CT molecular complexity index is 430. The molecule has 98 valence electrons. The van der Waals surface area contributed by atoms with Gasteiger partial charge in [-0.05, 0) is 37.9 Å². The average Bonchev–Trinajstić information content (AvgIpc) is 2.28. The largest absolute Gasteiger partial charge is 0.359 e. The molecule has 0 unspecified atom stereocenters. The number of nitrogens with zero attached hydrogens (tertiary/aromatic N) is 1. The molecule has 1 amide bonds. The Morgan fingerprint density at radius 2 is 2.00 bits per heavy atom. The van der Waals surface area contributed by atoms with Crippen molar-refractivity contribution in [2.45, 2.75) is 6.54 Å². The molecule has 0 saturated carbocycles. The molecular formula is C12H19N5O. The Labute approximate surface area is 107 Å². The van der Waals surface area contributed by atoms with E-state index >= 15 is 0 Å². The SMILES string of the molecule is CNC(=N)Nc1cc(CN(C)C)cc(NC=O)c1. The molecule has 0 spiro atoms. The highest BCUT2D eigenvalue weighted by molar-refractivity contribution is 5.92. The molecule has 0 saturated heterocycles. The van der Waals surface area contributed by atoms with E-state index in [0.29, 0.717) is 12.1 Å². The molecule has 0 aromatic heterocycles. The van der Waals surface area contributed by atoms with Gasteiger partial charge in [0.15, 0.2) is 5.96 Å². The smallest absolute Gasteiger partial charge is 0.211 e. The summed E-state index contributed by atoms with van der Waals surface area (Å²) in [5.41, 5.74) is 2.52. The molecule has 0 bridgehead atoms. The molecule has 0 aliphatic carbocycles. The first-order valence-corrected chi connectivity index (χ1v) is 5.57. The fourth-order valence-corrected chi connectivity index (χ4v) is 1.58. The number of rotatable bonds is 5. The molecular weight excluding hydrogens is 230 g/mol. The van der Waals surface area contributed by atoms with Crippen LogP contribution < -0.4 is 16.0 Å². The van der Waals surface area contributed by atoms with Crippen LogP contribution in [0.4, 0.5) is 11.4 Å². The Balaban J connectivity index is 2.97. The van der Waals surface area contributed by atoms with Crippen molar-refractivity contribution in [1.82, 2.24) is 10.2 Å². The minimum absolute atomic E-state index is 0.203. The summed E-state index contributed by atoms with van der Waals surface area (Å²) in [5, 5.41) is 15.8. The normalized spacial score (nSPS) is 10.0. The van der Waals surface area contributed by atoms with Gasteiger partial charge in [-0.1, -0.05) is 0 Å². The highest BCUT2D eigenvalue weighted by atomic mass is 16.1. The number of anilines is 2. The van der Waals surface area contributed by atoms with Crippen molar-refractivity contribution in [2.75, 3.05) is 31.8 Å². The lowest BCUT2D eigenvalue weighted by Crippen LogP contribution is -2.25. The third-order valence-corrected chi connectivity index (χ3v) is 2.24. The first-order valence-electron chi connectivity index (χ1n) is 5.57. The number of benzene rings is 1. The molecule has 0 aliphatic heterocycles. The van der Waals surface area contributed by atoms with Gasteiger partial charge in [0, 0.05) is 25.0 Å². The van der Waals surface area contributed by atoms with Crippen molar-refractivity contribution >= 4 is 23.7 Å². The Kier molecular flexibility index (Phi) is 5.13. The second-order valence-electron chi connectivity index (χ2n) is 4.17. The predicted octanol–water partition coefficient (Wildman–Crippen LogP) is 0.883.